The number of carboxylic acids is 1. The van der Waals surface area contributed by atoms with Gasteiger partial charge in [0.05, 0.1) is 0 Å². The Morgan fingerprint density at radius 1 is 1.38 bits per heavy atom. The molecule has 70 valence electrons. The topological polar surface area (TPSA) is 40.1 Å². The molecule has 1 rings (SSSR count). The molecular formula is C10H17CsO2. The first-order valence-corrected chi connectivity index (χ1v) is 4.96. The van der Waals surface area contributed by atoms with E-state index in [1.807, 2.05) is 6.92 Å². The average Bonchev–Trinajstić information content (AvgIpc) is 2.07. The quantitative estimate of drug-likeness (QED) is 0.626. The van der Waals surface area contributed by atoms with E-state index in [9.17, 15) is 9.90 Å². The zero-order valence-electron chi connectivity index (χ0n) is 8.71. The van der Waals surface area contributed by atoms with Gasteiger partial charge in [0.15, 0.2) is 0 Å². The molecule has 1 atom stereocenters. The number of carbonyl (C=O) groups is 1. The van der Waals surface area contributed by atoms with E-state index in [0.717, 1.165) is 19.3 Å². The molecule has 0 spiro atoms. The molecule has 13 heavy (non-hydrogen) atoms. The van der Waals surface area contributed by atoms with Crippen LogP contribution < -0.4 is 74.0 Å². The molecule has 0 bridgehead atoms. The van der Waals surface area contributed by atoms with Crippen molar-refractivity contribution in [2.45, 2.75) is 45.4 Å². The normalized spacial score (nSPS) is 20.4. The monoisotopic (exact) mass is 302 g/mol. The van der Waals surface area contributed by atoms with E-state index in [-0.39, 0.29) is 74.8 Å². The van der Waals surface area contributed by atoms with Crippen LogP contribution in [0.1, 0.15) is 45.4 Å². The van der Waals surface area contributed by atoms with Crippen LogP contribution in [0.3, 0.4) is 0 Å². The first-order valence-electron chi connectivity index (χ1n) is 4.96. The van der Waals surface area contributed by atoms with E-state index in [1.54, 1.807) is 0 Å². The minimum absolute atomic E-state index is 0. The van der Waals surface area contributed by atoms with Gasteiger partial charge in [-0.2, -0.15) is 0 Å². The Morgan fingerprint density at radius 2 is 1.92 bits per heavy atom. The van der Waals surface area contributed by atoms with E-state index >= 15 is 0 Å². The van der Waals surface area contributed by atoms with Gasteiger partial charge < -0.3 is 9.90 Å². The number of aliphatic carboxylic acids is 1. The molecule has 0 heterocycles. The Kier molecular flexibility index (Phi) is 8.68. The molecule has 0 saturated heterocycles. The van der Waals surface area contributed by atoms with Crippen molar-refractivity contribution in [1.82, 2.24) is 0 Å². The summed E-state index contributed by atoms with van der Waals surface area (Å²) in [7, 11) is 0. The van der Waals surface area contributed by atoms with Crippen LogP contribution in [0.15, 0.2) is 0 Å². The minimum atomic E-state index is -0.843. The summed E-state index contributed by atoms with van der Waals surface area (Å²) < 4.78 is 0. The minimum Gasteiger partial charge on any atom is -0.550 e. The van der Waals surface area contributed by atoms with Gasteiger partial charge in [-0.1, -0.05) is 26.2 Å². The van der Waals surface area contributed by atoms with E-state index < -0.39 is 5.97 Å². The molecule has 1 unspecified atom stereocenters. The van der Waals surface area contributed by atoms with E-state index in [2.05, 4.69) is 0 Å². The largest absolute Gasteiger partial charge is 1.00 e. The Bertz CT molecular complexity index is 153. The summed E-state index contributed by atoms with van der Waals surface area (Å²) in [4.78, 5) is 10.7. The van der Waals surface area contributed by atoms with Crippen LogP contribution in [0, 0.1) is 11.8 Å². The smallest absolute Gasteiger partial charge is 0.550 e. The second-order valence-electron chi connectivity index (χ2n) is 3.73. The number of rotatable bonds is 3. The van der Waals surface area contributed by atoms with Crippen LogP contribution in [0.4, 0.5) is 0 Å². The molecule has 0 aromatic rings. The van der Waals surface area contributed by atoms with Gasteiger partial charge in [-0.25, -0.2) is 0 Å². The van der Waals surface area contributed by atoms with Gasteiger partial charge in [0.1, 0.15) is 0 Å². The molecule has 2 nitrogen and oxygen atoms in total. The second kappa shape index (κ2) is 7.77. The average molecular weight is 302 g/mol. The van der Waals surface area contributed by atoms with E-state index in [4.69, 9.17) is 0 Å². The standard InChI is InChI=1S/C10H18O2.Cs/c1-2-9(10(11)12)8-6-4-3-5-7-8;/h8-9H,2-7H2,1H3,(H,11,12);/q;+1/p-1. The molecule has 0 aromatic carbocycles. The van der Waals surface area contributed by atoms with Crippen LogP contribution in [-0.2, 0) is 4.79 Å². The zero-order chi connectivity index (χ0) is 8.97. The second-order valence-corrected chi connectivity index (χ2v) is 3.73. The fourth-order valence-electron chi connectivity index (χ4n) is 2.23. The van der Waals surface area contributed by atoms with Crippen molar-refractivity contribution < 1.29 is 78.8 Å². The molecular weight excluding hydrogens is 285 g/mol. The molecule has 0 amide bonds. The van der Waals surface area contributed by atoms with Crippen molar-refractivity contribution in [3.05, 3.63) is 0 Å². The fourth-order valence-corrected chi connectivity index (χ4v) is 2.23. The molecule has 0 aromatic heterocycles. The number of hydrogen-bond donors (Lipinski definition) is 0. The Morgan fingerprint density at radius 3 is 2.31 bits per heavy atom. The van der Waals surface area contributed by atoms with Crippen molar-refractivity contribution in [2.75, 3.05) is 0 Å². The summed E-state index contributed by atoms with van der Waals surface area (Å²) in [5.41, 5.74) is 0. The molecule has 1 fully saturated rings. The summed E-state index contributed by atoms with van der Waals surface area (Å²) in [6.07, 6.45) is 6.59. The van der Waals surface area contributed by atoms with Crippen LogP contribution in [0.5, 0.6) is 0 Å². The SMILES string of the molecule is CCC(C(=O)[O-])C1CCCCC1.[Cs+]. The number of hydrogen-bond acceptors (Lipinski definition) is 2. The van der Waals surface area contributed by atoms with Gasteiger partial charge >= 0.3 is 68.9 Å². The third-order valence-corrected chi connectivity index (χ3v) is 2.96. The molecule has 0 N–H and O–H groups in total. The van der Waals surface area contributed by atoms with Crippen molar-refractivity contribution in [3.8, 4) is 0 Å². The summed E-state index contributed by atoms with van der Waals surface area (Å²) in [6, 6.07) is 0. The van der Waals surface area contributed by atoms with Crippen LogP contribution >= 0.6 is 0 Å². The zero-order valence-corrected chi connectivity index (χ0v) is 15.0. The van der Waals surface area contributed by atoms with Crippen molar-refractivity contribution in [2.24, 2.45) is 11.8 Å². The number of carboxylic acid groups (broad SMARTS) is 1. The van der Waals surface area contributed by atoms with Gasteiger partial charge in [-0.3, -0.25) is 0 Å². The Labute approximate surface area is 139 Å². The van der Waals surface area contributed by atoms with Crippen molar-refractivity contribution in [3.63, 3.8) is 0 Å². The Hall–Kier alpha value is 1.52. The van der Waals surface area contributed by atoms with E-state index in [1.165, 1.54) is 19.3 Å². The summed E-state index contributed by atoms with van der Waals surface area (Å²) in [6.45, 7) is 1.94. The summed E-state index contributed by atoms with van der Waals surface area (Å²) >= 11 is 0. The number of carbonyl (C=O) groups excluding carboxylic acids is 1. The van der Waals surface area contributed by atoms with Crippen molar-refractivity contribution in [1.29, 1.82) is 0 Å². The molecule has 0 aliphatic heterocycles. The fraction of sp³-hybridized carbons (Fsp3) is 0.900. The van der Waals surface area contributed by atoms with Crippen LogP contribution in [0.25, 0.3) is 0 Å². The first kappa shape index (κ1) is 14.5. The van der Waals surface area contributed by atoms with Crippen LogP contribution in [0.2, 0.25) is 0 Å². The third-order valence-electron chi connectivity index (χ3n) is 2.96. The first-order chi connectivity index (χ1) is 5.75. The molecule has 1 aliphatic carbocycles. The maximum absolute atomic E-state index is 10.7. The van der Waals surface area contributed by atoms with Gasteiger partial charge in [0.25, 0.3) is 0 Å². The molecule has 1 aliphatic rings. The van der Waals surface area contributed by atoms with Gasteiger partial charge in [-0.05, 0) is 25.2 Å². The third kappa shape index (κ3) is 4.71. The van der Waals surface area contributed by atoms with Gasteiger partial charge in [-0.15, -0.1) is 0 Å². The van der Waals surface area contributed by atoms with Gasteiger partial charge in [0, 0.05) is 11.9 Å². The predicted molar refractivity (Wildman–Crippen MR) is 45.4 cm³/mol. The van der Waals surface area contributed by atoms with Gasteiger partial charge in [0.2, 0.25) is 0 Å². The molecule has 3 heteroatoms. The predicted octanol–water partition coefficient (Wildman–Crippen LogP) is -1.65. The molecule has 0 radical (unpaired) electrons. The summed E-state index contributed by atoms with van der Waals surface area (Å²) in [5.74, 6) is -0.636. The molecule has 1 saturated carbocycles. The Balaban J connectivity index is 0.00000144. The summed E-state index contributed by atoms with van der Waals surface area (Å²) in [5, 5.41) is 10.7. The van der Waals surface area contributed by atoms with Crippen molar-refractivity contribution >= 4 is 5.97 Å². The van der Waals surface area contributed by atoms with E-state index in [0.29, 0.717) is 5.92 Å². The maximum atomic E-state index is 10.7. The van der Waals surface area contributed by atoms with Crippen LogP contribution in [-0.4, -0.2) is 5.97 Å². The maximum Gasteiger partial charge on any atom is 1.00 e.